The topological polar surface area (TPSA) is 34.0 Å². The molecule has 0 N–H and O–H groups in total. The summed E-state index contributed by atoms with van der Waals surface area (Å²) in [6.07, 6.45) is 0. The summed E-state index contributed by atoms with van der Waals surface area (Å²) in [5.41, 5.74) is 3.31. The largest absolute Gasteiger partial charge is 0.281 e. The van der Waals surface area contributed by atoms with E-state index in [1.807, 2.05) is 28.9 Å². The molecule has 0 aliphatic rings. The molecule has 0 saturated heterocycles. The Labute approximate surface area is 118 Å². The molecule has 1 unspecified atom stereocenters. The second kappa shape index (κ2) is 5.43. The van der Waals surface area contributed by atoms with E-state index >= 15 is 0 Å². The van der Waals surface area contributed by atoms with Crippen molar-refractivity contribution < 1.29 is 0 Å². The van der Waals surface area contributed by atoms with Gasteiger partial charge in [-0.2, -0.15) is 0 Å². The average molecular weight is 266 g/mol. The molecule has 2 aromatic carbocycles. The van der Waals surface area contributed by atoms with Gasteiger partial charge in [0, 0.05) is 6.04 Å². The highest BCUT2D eigenvalue weighted by Gasteiger charge is 2.13. The number of rotatable bonds is 4. The van der Waals surface area contributed by atoms with E-state index in [2.05, 4.69) is 59.5 Å². The highest BCUT2D eigenvalue weighted by molar-refractivity contribution is 5.73. The fourth-order valence-electron chi connectivity index (χ4n) is 2.34. The fourth-order valence-corrected chi connectivity index (χ4v) is 2.34. The molecule has 102 valence electrons. The Balaban J connectivity index is 1.80. The van der Waals surface area contributed by atoms with Gasteiger partial charge in [-0.15, -0.1) is 5.10 Å². The molecule has 0 fully saturated rings. The lowest BCUT2D eigenvalue weighted by Crippen LogP contribution is -2.25. The summed E-state index contributed by atoms with van der Waals surface area (Å²) in [4.78, 5) is 2.26. The molecule has 1 heterocycles. The molecule has 0 bridgehead atoms. The van der Waals surface area contributed by atoms with Crippen LogP contribution in [0.1, 0.15) is 18.5 Å². The summed E-state index contributed by atoms with van der Waals surface area (Å²) in [5.74, 6) is 0. The van der Waals surface area contributed by atoms with E-state index < -0.39 is 0 Å². The molecule has 20 heavy (non-hydrogen) atoms. The van der Waals surface area contributed by atoms with Crippen LogP contribution in [0.5, 0.6) is 0 Å². The minimum atomic E-state index is 0.333. The molecule has 0 aliphatic carbocycles. The Bertz CT molecular complexity index is 690. The van der Waals surface area contributed by atoms with Gasteiger partial charge in [-0.05, 0) is 31.7 Å². The van der Waals surface area contributed by atoms with E-state index in [4.69, 9.17) is 0 Å². The third-order valence-corrected chi connectivity index (χ3v) is 3.72. The van der Waals surface area contributed by atoms with Crippen LogP contribution in [0.15, 0.2) is 54.6 Å². The Hall–Kier alpha value is -2.20. The molecular weight excluding hydrogens is 248 g/mol. The summed E-state index contributed by atoms with van der Waals surface area (Å²) in [5, 5.41) is 8.43. The van der Waals surface area contributed by atoms with Crippen LogP contribution in [-0.4, -0.2) is 26.9 Å². The molecule has 4 heteroatoms. The van der Waals surface area contributed by atoms with Gasteiger partial charge in [0.1, 0.15) is 5.52 Å². The van der Waals surface area contributed by atoms with Gasteiger partial charge in [0.2, 0.25) is 0 Å². The standard InChI is InChI=1S/C16H18N4/c1-13(14-8-4-3-5-9-14)19(2)12-20-16-11-7-6-10-15(16)17-18-20/h3-11,13H,12H2,1-2H3. The lowest BCUT2D eigenvalue weighted by molar-refractivity contribution is 0.198. The van der Waals surface area contributed by atoms with Gasteiger partial charge in [-0.25, -0.2) is 4.68 Å². The van der Waals surface area contributed by atoms with Crippen LogP contribution in [0.4, 0.5) is 0 Å². The van der Waals surface area contributed by atoms with Crippen LogP contribution in [0.3, 0.4) is 0 Å². The Morgan fingerprint density at radius 2 is 1.75 bits per heavy atom. The number of hydrogen-bond donors (Lipinski definition) is 0. The third kappa shape index (κ3) is 2.42. The zero-order valence-corrected chi connectivity index (χ0v) is 11.8. The number of nitrogens with zero attached hydrogens (tertiary/aromatic N) is 4. The van der Waals surface area contributed by atoms with E-state index in [0.717, 1.165) is 17.7 Å². The first kappa shape index (κ1) is 12.8. The summed E-state index contributed by atoms with van der Waals surface area (Å²) in [7, 11) is 2.11. The second-order valence-electron chi connectivity index (χ2n) is 5.06. The van der Waals surface area contributed by atoms with Crippen molar-refractivity contribution in [1.29, 1.82) is 0 Å². The first-order valence-corrected chi connectivity index (χ1v) is 6.79. The van der Waals surface area contributed by atoms with Crippen LogP contribution < -0.4 is 0 Å². The van der Waals surface area contributed by atoms with Crippen LogP contribution in [-0.2, 0) is 6.67 Å². The van der Waals surface area contributed by atoms with Gasteiger partial charge in [0.25, 0.3) is 0 Å². The van der Waals surface area contributed by atoms with Crippen molar-refractivity contribution >= 4 is 11.0 Å². The summed E-state index contributed by atoms with van der Waals surface area (Å²) in [6, 6.07) is 18.9. The van der Waals surface area contributed by atoms with E-state index in [-0.39, 0.29) is 0 Å². The summed E-state index contributed by atoms with van der Waals surface area (Å²) in [6.45, 7) is 2.92. The molecule has 4 nitrogen and oxygen atoms in total. The van der Waals surface area contributed by atoms with Gasteiger partial charge in [-0.3, -0.25) is 4.90 Å². The van der Waals surface area contributed by atoms with E-state index in [9.17, 15) is 0 Å². The van der Waals surface area contributed by atoms with Crippen molar-refractivity contribution in [3.05, 3.63) is 60.2 Å². The fraction of sp³-hybridized carbons (Fsp3) is 0.250. The van der Waals surface area contributed by atoms with Crippen LogP contribution in [0, 0.1) is 0 Å². The maximum Gasteiger partial charge on any atom is 0.113 e. The van der Waals surface area contributed by atoms with Crippen LogP contribution in [0.2, 0.25) is 0 Å². The molecule has 0 amide bonds. The number of fused-ring (bicyclic) bond motifs is 1. The SMILES string of the molecule is CC(c1ccccc1)N(C)Cn1nnc2ccccc21. The quantitative estimate of drug-likeness (QED) is 0.727. The van der Waals surface area contributed by atoms with E-state index in [0.29, 0.717) is 6.04 Å². The molecule has 1 aromatic heterocycles. The van der Waals surface area contributed by atoms with Gasteiger partial charge >= 0.3 is 0 Å². The van der Waals surface area contributed by atoms with Crippen LogP contribution >= 0.6 is 0 Å². The molecule has 1 atom stereocenters. The Kier molecular flexibility index (Phi) is 3.48. The molecular formula is C16H18N4. The molecule has 0 spiro atoms. The predicted octanol–water partition coefficient (Wildman–Crippen LogP) is 3.08. The number of aromatic nitrogens is 3. The van der Waals surface area contributed by atoms with Crippen molar-refractivity contribution in [3.63, 3.8) is 0 Å². The third-order valence-electron chi connectivity index (χ3n) is 3.72. The predicted molar refractivity (Wildman–Crippen MR) is 80.1 cm³/mol. The molecule has 3 aromatic rings. The van der Waals surface area contributed by atoms with Gasteiger partial charge in [0.15, 0.2) is 0 Å². The number of hydrogen-bond acceptors (Lipinski definition) is 3. The van der Waals surface area contributed by atoms with Crippen molar-refractivity contribution in [2.24, 2.45) is 0 Å². The number of para-hydroxylation sites is 1. The average Bonchev–Trinajstić information content (AvgIpc) is 2.91. The highest BCUT2D eigenvalue weighted by Crippen LogP contribution is 2.19. The van der Waals surface area contributed by atoms with Crippen molar-refractivity contribution in [2.75, 3.05) is 7.05 Å². The summed E-state index contributed by atoms with van der Waals surface area (Å²) < 4.78 is 1.94. The Morgan fingerprint density at radius 3 is 2.55 bits per heavy atom. The van der Waals surface area contributed by atoms with Gasteiger partial charge < -0.3 is 0 Å². The zero-order valence-electron chi connectivity index (χ0n) is 11.8. The Morgan fingerprint density at radius 1 is 1.05 bits per heavy atom. The lowest BCUT2D eigenvalue weighted by Gasteiger charge is -2.24. The molecule has 0 saturated carbocycles. The first-order chi connectivity index (χ1) is 9.75. The minimum absolute atomic E-state index is 0.333. The lowest BCUT2D eigenvalue weighted by atomic mass is 10.1. The van der Waals surface area contributed by atoms with Crippen LogP contribution in [0.25, 0.3) is 11.0 Å². The van der Waals surface area contributed by atoms with Crippen molar-refractivity contribution in [1.82, 2.24) is 19.9 Å². The maximum atomic E-state index is 4.24. The number of benzene rings is 2. The molecule has 0 radical (unpaired) electrons. The molecule has 0 aliphatic heterocycles. The second-order valence-corrected chi connectivity index (χ2v) is 5.06. The first-order valence-electron chi connectivity index (χ1n) is 6.79. The normalized spacial score (nSPS) is 12.9. The highest BCUT2D eigenvalue weighted by atomic mass is 15.5. The van der Waals surface area contributed by atoms with E-state index in [1.54, 1.807) is 0 Å². The smallest absolute Gasteiger partial charge is 0.113 e. The zero-order chi connectivity index (χ0) is 13.9. The minimum Gasteiger partial charge on any atom is -0.281 e. The molecule has 3 rings (SSSR count). The van der Waals surface area contributed by atoms with Crippen molar-refractivity contribution in [3.8, 4) is 0 Å². The van der Waals surface area contributed by atoms with Gasteiger partial charge in [-0.1, -0.05) is 47.7 Å². The maximum absolute atomic E-state index is 4.24. The monoisotopic (exact) mass is 266 g/mol. The summed E-state index contributed by atoms with van der Waals surface area (Å²) >= 11 is 0. The van der Waals surface area contributed by atoms with Crippen molar-refractivity contribution in [2.45, 2.75) is 19.6 Å². The van der Waals surface area contributed by atoms with E-state index in [1.165, 1.54) is 5.56 Å². The van der Waals surface area contributed by atoms with Gasteiger partial charge in [0.05, 0.1) is 12.2 Å².